The summed E-state index contributed by atoms with van der Waals surface area (Å²) in [6.07, 6.45) is 6.39. The van der Waals surface area contributed by atoms with Gasteiger partial charge in [0, 0.05) is 18.9 Å². The standard InChI is InChI=1S/C13H20N2O3/c16-11(9-15-8-4-7-12(15)17)14-13(18)10-5-2-1-3-6-10/h10H,1-9H2,(H,14,16,18). The highest BCUT2D eigenvalue weighted by Crippen LogP contribution is 2.23. The van der Waals surface area contributed by atoms with Crippen LogP contribution < -0.4 is 5.32 Å². The molecule has 1 heterocycles. The van der Waals surface area contributed by atoms with Gasteiger partial charge in [0.15, 0.2) is 0 Å². The summed E-state index contributed by atoms with van der Waals surface area (Å²) in [7, 11) is 0. The minimum atomic E-state index is -0.346. The molecule has 2 aliphatic rings. The molecule has 0 aromatic heterocycles. The molecule has 0 spiro atoms. The second kappa shape index (κ2) is 5.98. The highest BCUT2D eigenvalue weighted by molar-refractivity contribution is 5.98. The predicted octanol–water partition coefficient (Wildman–Crippen LogP) is 0.832. The molecule has 2 rings (SSSR count). The Balaban J connectivity index is 1.76. The zero-order valence-corrected chi connectivity index (χ0v) is 10.6. The van der Waals surface area contributed by atoms with Gasteiger partial charge in [0.05, 0.1) is 6.54 Å². The molecule has 1 N–H and O–H groups in total. The van der Waals surface area contributed by atoms with Crippen molar-refractivity contribution in [2.75, 3.05) is 13.1 Å². The van der Waals surface area contributed by atoms with E-state index in [1.54, 1.807) is 0 Å². The second-order valence-corrected chi connectivity index (χ2v) is 5.17. The lowest BCUT2D eigenvalue weighted by Crippen LogP contribution is -2.43. The Hall–Kier alpha value is -1.39. The van der Waals surface area contributed by atoms with Crippen molar-refractivity contribution in [3.63, 3.8) is 0 Å². The van der Waals surface area contributed by atoms with Crippen LogP contribution in [0.25, 0.3) is 0 Å². The topological polar surface area (TPSA) is 66.5 Å². The van der Waals surface area contributed by atoms with Gasteiger partial charge in [-0.2, -0.15) is 0 Å². The van der Waals surface area contributed by atoms with Crippen LogP contribution in [0, 0.1) is 5.92 Å². The zero-order valence-electron chi connectivity index (χ0n) is 10.6. The molecule has 0 atom stereocenters. The first-order valence-corrected chi connectivity index (χ1v) is 6.78. The van der Waals surface area contributed by atoms with Crippen LogP contribution in [-0.2, 0) is 14.4 Å². The first kappa shape index (κ1) is 13.1. The Morgan fingerprint density at radius 2 is 1.89 bits per heavy atom. The van der Waals surface area contributed by atoms with Crippen molar-refractivity contribution >= 4 is 17.7 Å². The average molecular weight is 252 g/mol. The van der Waals surface area contributed by atoms with Gasteiger partial charge in [-0.25, -0.2) is 0 Å². The fourth-order valence-electron chi connectivity index (χ4n) is 2.69. The molecule has 0 aromatic carbocycles. The third-order valence-corrected chi connectivity index (χ3v) is 3.74. The van der Waals surface area contributed by atoms with Crippen molar-refractivity contribution in [2.24, 2.45) is 5.92 Å². The van der Waals surface area contributed by atoms with Crippen LogP contribution in [0.15, 0.2) is 0 Å². The molecule has 1 aliphatic heterocycles. The van der Waals surface area contributed by atoms with Crippen LogP contribution in [-0.4, -0.2) is 35.7 Å². The average Bonchev–Trinajstić information content (AvgIpc) is 2.76. The van der Waals surface area contributed by atoms with E-state index < -0.39 is 0 Å². The third kappa shape index (κ3) is 3.31. The largest absolute Gasteiger partial charge is 0.333 e. The number of carbonyl (C=O) groups excluding carboxylic acids is 3. The van der Waals surface area contributed by atoms with E-state index in [0.29, 0.717) is 13.0 Å². The molecule has 1 aliphatic carbocycles. The maximum absolute atomic E-state index is 11.8. The number of carbonyl (C=O) groups is 3. The molecule has 5 heteroatoms. The number of rotatable bonds is 3. The molecule has 1 saturated heterocycles. The summed E-state index contributed by atoms with van der Waals surface area (Å²) in [5, 5.41) is 2.43. The Bertz CT molecular complexity index is 348. The number of nitrogens with zero attached hydrogens (tertiary/aromatic N) is 1. The van der Waals surface area contributed by atoms with E-state index in [4.69, 9.17) is 0 Å². The van der Waals surface area contributed by atoms with Crippen molar-refractivity contribution < 1.29 is 14.4 Å². The van der Waals surface area contributed by atoms with Crippen LogP contribution in [0.5, 0.6) is 0 Å². The zero-order chi connectivity index (χ0) is 13.0. The van der Waals surface area contributed by atoms with Crippen molar-refractivity contribution in [3.8, 4) is 0 Å². The highest BCUT2D eigenvalue weighted by atomic mass is 16.2. The highest BCUT2D eigenvalue weighted by Gasteiger charge is 2.26. The van der Waals surface area contributed by atoms with E-state index in [-0.39, 0.29) is 30.2 Å². The number of nitrogens with one attached hydrogen (secondary N) is 1. The van der Waals surface area contributed by atoms with Crippen molar-refractivity contribution in [1.82, 2.24) is 10.2 Å². The van der Waals surface area contributed by atoms with E-state index in [2.05, 4.69) is 5.32 Å². The smallest absolute Gasteiger partial charge is 0.246 e. The van der Waals surface area contributed by atoms with E-state index in [9.17, 15) is 14.4 Å². The minimum Gasteiger partial charge on any atom is -0.333 e. The lowest BCUT2D eigenvalue weighted by molar-refractivity contribution is -0.137. The molecule has 3 amide bonds. The Morgan fingerprint density at radius 1 is 1.17 bits per heavy atom. The molecule has 100 valence electrons. The summed E-state index contributed by atoms with van der Waals surface area (Å²) in [4.78, 5) is 36.4. The van der Waals surface area contributed by atoms with Crippen molar-refractivity contribution in [1.29, 1.82) is 0 Å². The lowest BCUT2D eigenvalue weighted by atomic mass is 9.89. The number of hydrogen-bond donors (Lipinski definition) is 1. The fraction of sp³-hybridized carbons (Fsp3) is 0.769. The van der Waals surface area contributed by atoms with Gasteiger partial charge in [0.25, 0.3) is 0 Å². The van der Waals surface area contributed by atoms with Gasteiger partial charge in [-0.05, 0) is 19.3 Å². The van der Waals surface area contributed by atoms with Crippen molar-refractivity contribution in [2.45, 2.75) is 44.9 Å². The van der Waals surface area contributed by atoms with Gasteiger partial charge >= 0.3 is 0 Å². The summed E-state index contributed by atoms with van der Waals surface area (Å²) in [5.41, 5.74) is 0. The van der Waals surface area contributed by atoms with E-state index >= 15 is 0 Å². The van der Waals surface area contributed by atoms with Gasteiger partial charge in [-0.15, -0.1) is 0 Å². The molecule has 0 radical (unpaired) electrons. The third-order valence-electron chi connectivity index (χ3n) is 3.74. The molecule has 5 nitrogen and oxygen atoms in total. The Morgan fingerprint density at radius 3 is 2.50 bits per heavy atom. The summed E-state index contributed by atoms with van der Waals surface area (Å²) in [6.45, 7) is 0.654. The molecule has 0 bridgehead atoms. The molecule has 0 unspecified atom stereocenters. The SMILES string of the molecule is O=C(CN1CCCC1=O)NC(=O)C1CCCCC1. The van der Waals surface area contributed by atoms with E-state index in [1.807, 2.05) is 0 Å². The number of hydrogen-bond acceptors (Lipinski definition) is 3. The number of amides is 3. The van der Waals surface area contributed by atoms with Crippen LogP contribution in [0.4, 0.5) is 0 Å². The fourth-order valence-corrected chi connectivity index (χ4v) is 2.69. The van der Waals surface area contributed by atoms with E-state index in [1.165, 1.54) is 11.3 Å². The molecule has 18 heavy (non-hydrogen) atoms. The first-order valence-electron chi connectivity index (χ1n) is 6.78. The van der Waals surface area contributed by atoms with Gasteiger partial charge < -0.3 is 4.90 Å². The lowest BCUT2D eigenvalue weighted by Gasteiger charge is -2.21. The summed E-state index contributed by atoms with van der Waals surface area (Å²) in [6, 6.07) is 0. The van der Waals surface area contributed by atoms with Crippen LogP contribution in [0.1, 0.15) is 44.9 Å². The van der Waals surface area contributed by atoms with Gasteiger partial charge in [0.1, 0.15) is 0 Å². The predicted molar refractivity (Wildman–Crippen MR) is 65.5 cm³/mol. The first-order chi connectivity index (χ1) is 8.66. The van der Waals surface area contributed by atoms with Crippen LogP contribution in [0.2, 0.25) is 0 Å². The molecule has 2 fully saturated rings. The Labute approximate surface area is 107 Å². The van der Waals surface area contributed by atoms with Gasteiger partial charge in [-0.3, -0.25) is 19.7 Å². The maximum atomic E-state index is 11.8. The monoisotopic (exact) mass is 252 g/mol. The summed E-state index contributed by atoms with van der Waals surface area (Å²) < 4.78 is 0. The molecule has 1 saturated carbocycles. The second-order valence-electron chi connectivity index (χ2n) is 5.17. The molecular weight excluding hydrogens is 232 g/mol. The van der Waals surface area contributed by atoms with Crippen LogP contribution >= 0.6 is 0 Å². The summed E-state index contributed by atoms with van der Waals surface area (Å²) in [5.74, 6) is -0.514. The quantitative estimate of drug-likeness (QED) is 0.809. The summed E-state index contributed by atoms with van der Waals surface area (Å²) >= 11 is 0. The van der Waals surface area contributed by atoms with E-state index in [0.717, 1.165) is 32.1 Å². The molecule has 0 aromatic rings. The Kier molecular flexibility index (Phi) is 4.33. The van der Waals surface area contributed by atoms with Gasteiger partial charge in [0.2, 0.25) is 17.7 Å². The van der Waals surface area contributed by atoms with Crippen molar-refractivity contribution in [3.05, 3.63) is 0 Å². The van der Waals surface area contributed by atoms with Gasteiger partial charge in [-0.1, -0.05) is 19.3 Å². The number of imide groups is 1. The number of likely N-dealkylation sites (tertiary alicyclic amines) is 1. The minimum absolute atomic E-state index is 0.00950. The molecular formula is C13H20N2O3. The van der Waals surface area contributed by atoms with Crippen LogP contribution in [0.3, 0.4) is 0 Å². The maximum Gasteiger partial charge on any atom is 0.246 e. The normalized spacial score (nSPS) is 21.1.